The number of halogens is 7. The van der Waals surface area contributed by atoms with Crippen molar-refractivity contribution in [3.63, 3.8) is 0 Å². The average molecular weight is 307 g/mol. The van der Waals surface area contributed by atoms with E-state index < -0.39 is 34.3 Å². The Balaban J connectivity index is 0.00000154. The zero-order valence-corrected chi connectivity index (χ0v) is 10.5. The minimum Gasteiger partial charge on any atom is -0.276 e. The summed E-state index contributed by atoms with van der Waals surface area (Å²) in [5.41, 5.74) is -4.00. The molecule has 108 valence electrons. The van der Waals surface area contributed by atoms with Gasteiger partial charge in [0.15, 0.2) is 0 Å². The van der Waals surface area contributed by atoms with Gasteiger partial charge in [0.05, 0.1) is 11.1 Å². The summed E-state index contributed by atoms with van der Waals surface area (Å²) < 4.78 is 73.7. The zero-order chi connectivity index (χ0) is 15.4. The molecule has 0 saturated heterocycles. The second-order valence-electron chi connectivity index (χ2n) is 3.07. The molecule has 0 spiro atoms. The first kappa shape index (κ1) is 17.8. The lowest BCUT2D eigenvalue weighted by atomic mass is 10.1. The Bertz CT molecular complexity index is 417. The lowest BCUT2D eigenvalue weighted by Gasteiger charge is -2.12. The van der Waals surface area contributed by atoms with Gasteiger partial charge in [-0.1, -0.05) is 13.8 Å². The topological polar surface area (TPSA) is 17.1 Å². The molecule has 0 N–H and O–H groups in total. The lowest BCUT2D eigenvalue weighted by Crippen LogP contribution is -2.12. The third kappa shape index (κ3) is 5.10. The maximum atomic E-state index is 12.3. The molecular formula is C11H9ClF6O. The zero-order valence-electron chi connectivity index (χ0n) is 9.79. The molecule has 0 aromatic heterocycles. The number of carbonyl (C=O) groups is 1. The lowest BCUT2D eigenvalue weighted by molar-refractivity contribution is -0.143. The van der Waals surface area contributed by atoms with Crippen molar-refractivity contribution in [3.8, 4) is 0 Å². The highest BCUT2D eigenvalue weighted by molar-refractivity contribution is 6.67. The van der Waals surface area contributed by atoms with Crippen molar-refractivity contribution in [2.45, 2.75) is 26.2 Å². The number of alkyl halides is 6. The maximum Gasteiger partial charge on any atom is 0.416 e. The first-order valence-corrected chi connectivity index (χ1v) is 5.39. The standard InChI is InChI=1S/C9H3ClF6O.C2H6/c10-7(17)4-1-5(8(11,12)13)3-6(2-4)9(14,15)16;1-2/h1-3H;1-2H3. The fraction of sp³-hybridized carbons (Fsp3) is 0.364. The third-order valence-corrected chi connectivity index (χ3v) is 2.03. The van der Waals surface area contributed by atoms with Gasteiger partial charge in [-0.2, -0.15) is 26.3 Å². The molecule has 0 amide bonds. The molecule has 0 aliphatic carbocycles. The molecule has 0 heterocycles. The van der Waals surface area contributed by atoms with Gasteiger partial charge in [0, 0.05) is 5.56 Å². The molecule has 19 heavy (non-hydrogen) atoms. The van der Waals surface area contributed by atoms with Crippen LogP contribution in [0.3, 0.4) is 0 Å². The van der Waals surface area contributed by atoms with Gasteiger partial charge >= 0.3 is 12.4 Å². The van der Waals surface area contributed by atoms with Crippen LogP contribution in [0.2, 0.25) is 0 Å². The normalized spacial score (nSPS) is 11.6. The van der Waals surface area contributed by atoms with Gasteiger partial charge in [-0.25, -0.2) is 0 Å². The van der Waals surface area contributed by atoms with Gasteiger partial charge in [0.25, 0.3) is 5.24 Å². The van der Waals surface area contributed by atoms with Crippen LogP contribution in [0.5, 0.6) is 0 Å². The first-order valence-electron chi connectivity index (χ1n) is 5.01. The Morgan fingerprint density at radius 1 is 0.895 bits per heavy atom. The van der Waals surface area contributed by atoms with Gasteiger partial charge in [-0.15, -0.1) is 0 Å². The monoisotopic (exact) mass is 306 g/mol. The van der Waals surface area contributed by atoms with Crippen molar-refractivity contribution in [3.05, 3.63) is 34.9 Å². The average Bonchev–Trinajstić information content (AvgIpc) is 2.28. The molecule has 1 aromatic rings. The van der Waals surface area contributed by atoms with Gasteiger partial charge in [0.1, 0.15) is 0 Å². The van der Waals surface area contributed by atoms with Crippen molar-refractivity contribution in [2.24, 2.45) is 0 Å². The van der Waals surface area contributed by atoms with E-state index >= 15 is 0 Å². The summed E-state index contributed by atoms with van der Waals surface area (Å²) >= 11 is 4.87. The number of hydrogen-bond donors (Lipinski definition) is 0. The highest BCUT2D eigenvalue weighted by Crippen LogP contribution is 2.36. The van der Waals surface area contributed by atoms with E-state index in [1.54, 1.807) is 0 Å². The fourth-order valence-corrected chi connectivity index (χ4v) is 1.18. The molecule has 1 aromatic carbocycles. The highest BCUT2D eigenvalue weighted by Gasteiger charge is 2.37. The van der Waals surface area contributed by atoms with Gasteiger partial charge < -0.3 is 0 Å². The van der Waals surface area contributed by atoms with Gasteiger partial charge in [-0.3, -0.25) is 4.79 Å². The van der Waals surface area contributed by atoms with E-state index in [2.05, 4.69) is 0 Å². The Labute approximate surface area is 110 Å². The quantitative estimate of drug-likeness (QED) is 0.519. The minimum atomic E-state index is -4.98. The number of benzene rings is 1. The molecule has 0 bridgehead atoms. The summed E-state index contributed by atoms with van der Waals surface area (Å²) in [6, 6.07) is 0.457. The summed E-state index contributed by atoms with van der Waals surface area (Å²) in [5.74, 6) is 0. The summed E-state index contributed by atoms with van der Waals surface area (Å²) in [6.45, 7) is 4.00. The Kier molecular flexibility index (Phi) is 5.86. The summed E-state index contributed by atoms with van der Waals surface area (Å²) in [5, 5.41) is -1.39. The van der Waals surface area contributed by atoms with Crippen LogP contribution < -0.4 is 0 Å². The van der Waals surface area contributed by atoms with Crippen LogP contribution in [-0.2, 0) is 12.4 Å². The van der Waals surface area contributed by atoms with Crippen LogP contribution in [-0.4, -0.2) is 5.24 Å². The molecule has 1 nitrogen and oxygen atoms in total. The molecule has 1 rings (SSSR count). The molecule has 0 aliphatic rings. The Hall–Kier alpha value is -1.24. The van der Waals surface area contributed by atoms with Crippen molar-refractivity contribution in [1.82, 2.24) is 0 Å². The molecule has 0 fully saturated rings. The van der Waals surface area contributed by atoms with Crippen LogP contribution in [0.25, 0.3) is 0 Å². The van der Waals surface area contributed by atoms with Crippen molar-refractivity contribution in [1.29, 1.82) is 0 Å². The molecular weight excluding hydrogens is 298 g/mol. The van der Waals surface area contributed by atoms with Crippen LogP contribution in [0, 0.1) is 0 Å². The van der Waals surface area contributed by atoms with Crippen molar-refractivity contribution < 1.29 is 31.1 Å². The second-order valence-corrected chi connectivity index (χ2v) is 3.41. The number of rotatable bonds is 1. The molecule has 0 atom stereocenters. The molecule has 8 heteroatoms. The van der Waals surface area contributed by atoms with Crippen LogP contribution in [0.1, 0.15) is 35.3 Å². The molecule has 0 aliphatic heterocycles. The predicted molar refractivity (Wildman–Crippen MR) is 58.0 cm³/mol. The minimum absolute atomic E-state index is 0.0800. The summed E-state index contributed by atoms with van der Waals surface area (Å²) in [4.78, 5) is 10.6. The SMILES string of the molecule is CC.O=C(Cl)c1cc(C(F)(F)F)cc(C(F)(F)F)c1. The van der Waals surface area contributed by atoms with Crippen LogP contribution >= 0.6 is 11.6 Å². The predicted octanol–water partition coefficient (Wildman–Crippen LogP) is 5.13. The third-order valence-electron chi connectivity index (χ3n) is 1.81. The van der Waals surface area contributed by atoms with E-state index in [4.69, 9.17) is 11.6 Å². The molecule has 0 saturated carbocycles. The maximum absolute atomic E-state index is 12.3. The van der Waals surface area contributed by atoms with E-state index in [9.17, 15) is 31.1 Å². The fourth-order valence-electron chi connectivity index (χ4n) is 1.07. The van der Waals surface area contributed by atoms with E-state index in [1.807, 2.05) is 13.8 Å². The Morgan fingerprint density at radius 2 is 1.21 bits per heavy atom. The van der Waals surface area contributed by atoms with E-state index in [-0.39, 0.29) is 18.2 Å². The summed E-state index contributed by atoms with van der Waals surface area (Å²) in [6.07, 6.45) is -9.97. The van der Waals surface area contributed by atoms with Crippen LogP contribution in [0.15, 0.2) is 18.2 Å². The van der Waals surface area contributed by atoms with Crippen LogP contribution in [0.4, 0.5) is 26.3 Å². The summed E-state index contributed by atoms with van der Waals surface area (Å²) in [7, 11) is 0. The first-order chi connectivity index (χ1) is 8.51. The second kappa shape index (κ2) is 6.27. The smallest absolute Gasteiger partial charge is 0.276 e. The van der Waals surface area contributed by atoms with Gasteiger partial charge in [0.2, 0.25) is 0 Å². The number of carbonyl (C=O) groups excluding carboxylic acids is 1. The van der Waals surface area contributed by atoms with Gasteiger partial charge in [-0.05, 0) is 29.8 Å². The molecule has 0 radical (unpaired) electrons. The van der Waals surface area contributed by atoms with E-state index in [1.165, 1.54) is 0 Å². The van der Waals surface area contributed by atoms with E-state index in [0.29, 0.717) is 0 Å². The number of hydrogen-bond acceptors (Lipinski definition) is 1. The molecule has 0 unspecified atom stereocenters. The Morgan fingerprint density at radius 3 is 1.42 bits per heavy atom. The largest absolute Gasteiger partial charge is 0.416 e. The van der Waals surface area contributed by atoms with Crippen molar-refractivity contribution in [2.75, 3.05) is 0 Å². The van der Waals surface area contributed by atoms with E-state index in [0.717, 1.165) is 0 Å². The highest BCUT2D eigenvalue weighted by atomic mass is 35.5. The van der Waals surface area contributed by atoms with Crippen molar-refractivity contribution >= 4 is 16.8 Å².